The summed E-state index contributed by atoms with van der Waals surface area (Å²) < 4.78 is 2.21. The lowest BCUT2D eigenvalue weighted by atomic mass is 10.2. The van der Waals surface area contributed by atoms with Crippen molar-refractivity contribution < 1.29 is 4.79 Å². The number of fused-ring (bicyclic) bond motifs is 1. The predicted octanol–water partition coefficient (Wildman–Crippen LogP) is 2.63. The molecule has 3 heterocycles. The van der Waals surface area contributed by atoms with Crippen LogP contribution in [0, 0.1) is 0 Å². The number of carbonyl (C=O) groups excluding carboxylic acids is 1. The Balaban J connectivity index is 1.49. The molecule has 0 radical (unpaired) electrons. The van der Waals surface area contributed by atoms with Crippen LogP contribution in [0.3, 0.4) is 0 Å². The van der Waals surface area contributed by atoms with Gasteiger partial charge >= 0.3 is 0 Å². The summed E-state index contributed by atoms with van der Waals surface area (Å²) in [5.74, 6) is 2.07. The van der Waals surface area contributed by atoms with Crippen molar-refractivity contribution in [3.05, 3.63) is 46.5 Å². The molecule has 132 valence electrons. The first-order valence-corrected chi connectivity index (χ1v) is 9.15. The highest BCUT2D eigenvalue weighted by molar-refractivity contribution is 6.30. The van der Waals surface area contributed by atoms with Crippen LogP contribution in [0.4, 0.5) is 0 Å². The van der Waals surface area contributed by atoms with Gasteiger partial charge in [0.05, 0.1) is 12.6 Å². The number of hydrogen-bond acceptors (Lipinski definition) is 4. The summed E-state index contributed by atoms with van der Waals surface area (Å²) >= 11 is 5.96. The largest absolute Gasteiger partial charge is 0.333 e. The fourth-order valence-electron chi connectivity index (χ4n) is 3.87. The molecule has 0 aliphatic carbocycles. The molecular weight excluding hydrogens is 338 g/mol. The van der Waals surface area contributed by atoms with Gasteiger partial charge in [-0.3, -0.25) is 9.69 Å². The minimum absolute atomic E-state index is 0.0848. The molecule has 0 unspecified atom stereocenters. The van der Waals surface area contributed by atoms with Crippen LogP contribution in [0.15, 0.2) is 24.3 Å². The number of likely N-dealkylation sites (tertiary alicyclic amines) is 1. The molecule has 1 saturated heterocycles. The first kappa shape index (κ1) is 16.5. The molecule has 0 N–H and O–H groups in total. The van der Waals surface area contributed by atoms with E-state index in [1.54, 1.807) is 6.92 Å². The minimum Gasteiger partial charge on any atom is -0.333 e. The van der Waals surface area contributed by atoms with Gasteiger partial charge in [-0.25, -0.2) is 0 Å². The third-order valence-electron chi connectivity index (χ3n) is 5.14. The second-order valence-corrected chi connectivity index (χ2v) is 7.27. The van der Waals surface area contributed by atoms with E-state index < -0.39 is 0 Å². The van der Waals surface area contributed by atoms with E-state index in [4.69, 9.17) is 11.6 Å². The number of aromatic nitrogens is 3. The molecule has 1 fully saturated rings. The summed E-state index contributed by atoms with van der Waals surface area (Å²) in [6.45, 7) is 5.94. The van der Waals surface area contributed by atoms with Crippen molar-refractivity contribution in [3.8, 4) is 0 Å². The molecule has 2 aliphatic rings. The van der Waals surface area contributed by atoms with Crippen LogP contribution in [0.5, 0.6) is 0 Å². The number of benzene rings is 1. The lowest BCUT2D eigenvalue weighted by Crippen LogP contribution is -2.36. The molecule has 2 aromatic rings. The van der Waals surface area contributed by atoms with E-state index in [-0.39, 0.29) is 11.9 Å². The molecule has 0 spiro atoms. The van der Waals surface area contributed by atoms with Crippen molar-refractivity contribution in [2.45, 2.75) is 45.4 Å². The summed E-state index contributed by atoms with van der Waals surface area (Å²) in [5, 5.41) is 9.62. The summed E-state index contributed by atoms with van der Waals surface area (Å²) in [7, 11) is 0. The number of hydrogen-bond donors (Lipinski definition) is 0. The lowest BCUT2D eigenvalue weighted by molar-refractivity contribution is -0.129. The maximum atomic E-state index is 11.8. The van der Waals surface area contributed by atoms with Crippen LogP contribution in [0.2, 0.25) is 5.02 Å². The van der Waals surface area contributed by atoms with Crippen molar-refractivity contribution in [2.75, 3.05) is 13.1 Å². The van der Waals surface area contributed by atoms with Gasteiger partial charge in [-0.1, -0.05) is 23.7 Å². The van der Waals surface area contributed by atoms with E-state index in [1.165, 1.54) is 5.56 Å². The van der Waals surface area contributed by atoms with Gasteiger partial charge in [-0.2, -0.15) is 0 Å². The first-order valence-electron chi connectivity index (χ1n) is 8.78. The molecule has 1 aromatic carbocycles. The van der Waals surface area contributed by atoms with Gasteiger partial charge in [0.25, 0.3) is 0 Å². The second-order valence-electron chi connectivity index (χ2n) is 6.83. The van der Waals surface area contributed by atoms with Crippen LogP contribution in [0.1, 0.15) is 43.0 Å². The average Bonchev–Trinajstić information content (AvgIpc) is 3.22. The zero-order valence-electron chi connectivity index (χ0n) is 14.4. The summed E-state index contributed by atoms with van der Waals surface area (Å²) in [6, 6.07) is 8.07. The molecule has 7 heteroatoms. The number of rotatable bonds is 3. The summed E-state index contributed by atoms with van der Waals surface area (Å²) in [5.41, 5.74) is 1.25. The highest BCUT2D eigenvalue weighted by atomic mass is 35.5. The molecule has 25 heavy (non-hydrogen) atoms. The van der Waals surface area contributed by atoms with E-state index >= 15 is 0 Å². The van der Waals surface area contributed by atoms with Crippen LogP contribution < -0.4 is 0 Å². The number of carbonyl (C=O) groups is 1. The number of nitrogens with zero attached hydrogens (tertiary/aromatic N) is 5. The molecule has 1 aromatic heterocycles. The third kappa shape index (κ3) is 3.28. The van der Waals surface area contributed by atoms with Gasteiger partial charge in [0.2, 0.25) is 5.91 Å². The van der Waals surface area contributed by atoms with E-state index in [0.717, 1.165) is 62.2 Å². The van der Waals surface area contributed by atoms with Crippen molar-refractivity contribution >= 4 is 17.5 Å². The highest BCUT2D eigenvalue weighted by Crippen LogP contribution is 2.32. The quantitative estimate of drug-likeness (QED) is 0.845. The van der Waals surface area contributed by atoms with Crippen LogP contribution in [0.25, 0.3) is 0 Å². The smallest absolute Gasteiger partial charge is 0.220 e. The van der Waals surface area contributed by atoms with Crippen molar-refractivity contribution in [1.82, 2.24) is 24.6 Å². The molecule has 0 saturated carbocycles. The highest BCUT2D eigenvalue weighted by Gasteiger charge is 2.33. The Morgan fingerprint density at radius 2 is 2.00 bits per heavy atom. The summed E-state index contributed by atoms with van der Waals surface area (Å²) in [4.78, 5) is 16.1. The monoisotopic (exact) mass is 359 g/mol. The van der Waals surface area contributed by atoms with Gasteiger partial charge in [-0.15, -0.1) is 10.2 Å². The lowest BCUT2D eigenvalue weighted by Gasteiger charge is -2.29. The van der Waals surface area contributed by atoms with Gasteiger partial charge in [0.15, 0.2) is 5.82 Å². The van der Waals surface area contributed by atoms with E-state index in [2.05, 4.69) is 31.8 Å². The topological polar surface area (TPSA) is 54.3 Å². The zero-order chi connectivity index (χ0) is 17.4. The van der Waals surface area contributed by atoms with Crippen LogP contribution in [-0.4, -0.2) is 43.6 Å². The molecule has 6 nitrogen and oxygen atoms in total. The fourth-order valence-corrected chi connectivity index (χ4v) is 4.00. The van der Waals surface area contributed by atoms with Crippen LogP contribution in [-0.2, 0) is 24.4 Å². The Hall–Kier alpha value is -1.92. The van der Waals surface area contributed by atoms with Gasteiger partial charge < -0.3 is 9.47 Å². The van der Waals surface area contributed by atoms with E-state index in [9.17, 15) is 4.79 Å². The molecule has 1 amide bonds. The third-order valence-corrected chi connectivity index (χ3v) is 5.39. The van der Waals surface area contributed by atoms with Crippen molar-refractivity contribution in [2.24, 2.45) is 0 Å². The van der Waals surface area contributed by atoms with E-state index in [1.807, 2.05) is 17.0 Å². The maximum absolute atomic E-state index is 11.8. The van der Waals surface area contributed by atoms with E-state index in [0.29, 0.717) is 0 Å². The average molecular weight is 360 g/mol. The Kier molecular flexibility index (Phi) is 4.48. The Morgan fingerprint density at radius 1 is 1.20 bits per heavy atom. The van der Waals surface area contributed by atoms with Gasteiger partial charge in [0.1, 0.15) is 5.82 Å². The molecular formula is C18H22ClN5O. The molecule has 2 aliphatic heterocycles. The van der Waals surface area contributed by atoms with Gasteiger partial charge in [-0.05, 0) is 30.5 Å². The molecule has 1 atom stereocenters. The van der Waals surface area contributed by atoms with Gasteiger partial charge in [0, 0.05) is 38.1 Å². The first-order chi connectivity index (χ1) is 12.1. The molecule has 0 bridgehead atoms. The standard InChI is InChI=1S/C18H22ClN5O/c1-13(25)23-8-2-3-16(23)18-21-20-17-12-22(9-10-24(17)18)11-14-4-6-15(19)7-5-14/h4-7,16H,2-3,8-12H2,1H3/t16-/m1/s1. The van der Waals surface area contributed by atoms with Crippen LogP contribution >= 0.6 is 11.6 Å². The zero-order valence-corrected chi connectivity index (χ0v) is 15.1. The number of amides is 1. The van der Waals surface area contributed by atoms with Crippen molar-refractivity contribution in [3.63, 3.8) is 0 Å². The Labute approximate surface area is 152 Å². The fraction of sp³-hybridized carbons (Fsp3) is 0.500. The Morgan fingerprint density at radius 3 is 2.76 bits per heavy atom. The summed E-state index contributed by atoms with van der Waals surface area (Å²) in [6.07, 6.45) is 2.02. The predicted molar refractivity (Wildman–Crippen MR) is 95.0 cm³/mol. The maximum Gasteiger partial charge on any atom is 0.220 e. The second kappa shape index (κ2) is 6.77. The minimum atomic E-state index is 0.0848. The number of halogens is 1. The van der Waals surface area contributed by atoms with Crippen molar-refractivity contribution in [1.29, 1.82) is 0 Å². The Bertz CT molecular complexity index is 772. The SMILES string of the molecule is CC(=O)N1CCC[C@@H]1c1nnc2n1CCN(Cc1ccc(Cl)cc1)C2. The normalized spacial score (nSPS) is 20.7. The molecule has 4 rings (SSSR count).